The van der Waals surface area contributed by atoms with Gasteiger partial charge in [0.1, 0.15) is 0 Å². The first-order valence-electron chi connectivity index (χ1n) is 2.15. The van der Waals surface area contributed by atoms with Gasteiger partial charge in [-0.15, -0.1) is 0 Å². The molecule has 0 aliphatic carbocycles. The molecule has 0 spiro atoms. The largest absolute Gasteiger partial charge is 2.00 e. The second-order valence-corrected chi connectivity index (χ2v) is 0.854. The van der Waals surface area contributed by atoms with Crippen molar-refractivity contribution < 1.29 is 5.11 Å². The molecular formula is C5H13MgO+. The van der Waals surface area contributed by atoms with Gasteiger partial charge in [-0.3, -0.25) is 0 Å². The molecule has 0 heterocycles. The molecule has 1 nitrogen and oxygen atoms in total. The van der Waals surface area contributed by atoms with E-state index in [9.17, 15) is 0 Å². The fraction of sp³-hybridized carbons (Fsp3) is 0.800. The van der Waals surface area contributed by atoms with Crippen molar-refractivity contribution in [3.63, 3.8) is 0 Å². The fourth-order valence-electron chi connectivity index (χ4n) is 0. The Labute approximate surface area is 62.3 Å². The average Bonchev–Trinajstić information content (AvgIpc) is 1.72. The van der Waals surface area contributed by atoms with E-state index in [1.54, 1.807) is 0 Å². The molecule has 0 aromatic carbocycles. The number of rotatable bonds is 1. The molecule has 0 aliphatic heterocycles. The summed E-state index contributed by atoms with van der Waals surface area (Å²) in [7, 11) is 1.00. The monoisotopic (exact) mass is 113 g/mol. The summed E-state index contributed by atoms with van der Waals surface area (Å²) in [6, 6.07) is 0. The van der Waals surface area contributed by atoms with Crippen LogP contribution in [0.1, 0.15) is 19.8 Å². The van der Waals surface area contributed by atoms with E-state index in [0.29, 0.717) is 0 Å². The third kappa shape index (κ3) is 50.4. The van der Waals surface area contributed by atoms with Crippen molar-refractivity contribution in [1.82, 2.24) is 0 Å². The molecule has 7 heavy (non-hydrogen) atoms. The van der Waals surface area contributed by atoms with E-state index in [1.807, 2.05) is 0 Å². The maximum Gasteiger partial charge on any atom is 2.00 e. The SMILES string of the molecule is CO.[CH2-]CCC.[Mg+2]. The molecule has 0 rings (SSSR count). The molecule has 0 saturated heterocycles. The van der Waals surface area contributed by atoms with Crippen molar-refractivity contribution in [2.24, 2.45) is 0 Å². The molecule has 0 unspecified atom stereocenters. The van der Waals surface area contributed by atoms with Gasteiger partial charge in [0.25, 0.3) is 0 Å². The fourth-order valence-corrected chi connectivity index (χ4v) is 0. The molecular weight excluding hydrogens is 100 g/mol. The van der Waals surface area contributed by atoms with Crippen LogP contribution in [0.2, 0.25) is 0 Å². The summed E-state index contributed by atoms with van der Waals surface area (Å²) in [5, 5.41) is 7.00. The standard InChI is InChI=1S/C4H9.CH4O.Mg/c1-3-4-2;1-2;/h1,3-4H2,2H3;2H,1H3;/q-1;;+2. The van der Waals surface area contributed by atoms with Crippen LogP contribution in [0.3, 0.4) is 0 Å². The first-order chi connectivity index (χ1) is 2.91. The Hall–Kier alpha value is 0.726. The van der Waals surface area contributed by atoms with Crippen LogP contribution < -0.4 is 0 Å². The maximum atomic E-state index is 7.00. The summed E-state index contributed by atoms with van der Waals surface area (Å²) in [5.41, 5.74) is 0. The van der Waals surface area contributed by atoms with Gasteiger partial charge in [-0.05, 0) is 0 Å². The zero-order valence-electron chi connectivity index (χ0n) is 5.28. The molecule has 0 amide bonds. The minimum Gasteiger partial charge on any atom is -0.400 e. The quantitative estimate of drug-likeness (QED) is 0.395. The van der Waals surface area contributed by atoms with Crippen LogP contribution in [-0.2, 0) is 0 Å². The number of aliphatic hydroxyl groups excluding tert-OH is 1. The van der Waals surface area contributed by atoms with Crippen LogP contribution in [0.25, 0.3) is 0 Å². The van der Waals surface area contributed by atoms with Gasteiger partial charge in [-0.2, -0.15) is 6.42 Å². The molecule has 0 bridgehead atoms. The summed E-state index contributed by atoms with van der Waals surface area (Å²) in [4.78, 5) is 0. The van der Waals surface area contributed by atoms with Crippen molar-refractivity contribution in [2.45, 2.75) is 19.8 Å². The van der Waals surface area contributed by atoms with Crippen molar-refractivity contribution >= 4 is 23.1 Å². The minimum absolute atomic E-state index is 0. The van der Waals surface area contributed by atoms with Gasteiger partial charge in [0.05, 0.1) is 0 Å². The summed E-state index contributed by atoms with van der Waals surface area (Å²) in [6.45, 7) is 5.72. The third-order valence-corrected chi connectivity index (χ3v) is 0.354. The second-order valence-electron chi connectivity index (χ2n) is 0.854. The van der Waals surface area contributed by atoms with Gasteiger partial charge < -0.3 is 12.0 Å². The summed E-state index contributed by atoms with van der Waals surface area (Å²) >= 11 is 0. The molecule has 0 aliphatic rings. The van der Waals surface area contributed by atoms with Crippen LogP contribution >= 0.6 is 0 Å². The first-order valence-corrected chi connectivity index (χ1v) is 2.15. The summed E-state index contributed by atoms with van der Waals surface area (Å²) < 4.78 is 0. The third-order valence-electron chi connectivity index (χ3n) is 0.354. The molecule has 0 radical (unpaired) electrons. The van der Waals surface area contributed by atoms with E-state index >= 15 is 0 Å². The smallest absolute Gasteiger partial charge is 0.400 e. The van der Waals surface area contributed by atoms with Gasteiger partial charge in [0.2, 0.25) is 0 Å². The van der Waals surface area contributed by atoms with Crippen LogP contribution in [-0.4, -0.2) is 35.3 Å². The molecule has 40 valence electrons. The maximum absolute atomic E-state index is 7.00. The van der Waals surface area contributed by atoms with E-state index < -0.39 is 0 Å². The van der Waals surface area contributed by atoms with Crippen LogP contribution in [0.5, 0.6) is 0 Å². The van der Waals surface area contributed by atoms with E-state index in [-0.39, 0.29) is 23.1 Å². The topological polar surface area (TPSA) is 20.2 Å². The van der Waals surface area contributed by atoms with E-state index in [4.69, 9.17) is 5.11 Å². The summed E-state index contributed by atoms with van der Waals surface area (Å²) in [5.74, 6) is 0. The zero-order chi connectivity index (χ0) is 5.41. The number of aliphatic hydroxyl groups is 1. The van der Waals surface area contributed by atoms with Gasteiger partial charge >= 0.3 is 23.1 Å². The minimum atomic E-state index is 0. The van der Waals surface area contributed by atoms with Gasteiger partial charge in [0, 0.05) is 7.11 Å². The second kappa shape index (κ2) is 29.7. The van der Waals surface area contributed by atoms with Crippen LogP contribution in [0.4, 0.5) is 0 Å². The van der Waals surface area contributed by atoms with Crippen LogP contribution in [0, 0.1) is 6.92 Å². The predicted molar refractivity (Wildman–Crippen MR) is 34.2 cm³/mol. The number of hydrogen-bond donors (Lipinski definition) is 1. The van der Waals surface area contributed by atoms with Crippen molar-refractivity contribution in [3.05, 3.63) is 6.92 Å². The summed E-state index contributed by atoms with van der Waals surface area (Å²) in [6.07, 6.45) is 2.28. The van der Waals surface area contributed by atoms with Crippen molar-refractivity contribution in [2.75, 3.05) is 7.11 Å². The van der Waals surface area contributed by atoms with E-state index in [1.165, 1.54) is 6.42 Å². The zero-order valence-corrected chi connectivity index (χ0v) is 6.69. The number of unbranched alkanes of at least 4 members (excludes halogenated alkanes) is 1. The Kier molecular flexibility index (Phi) is 66.3. The van der Waals surface area contributed by atoms with Crippen molar-refractivity contribution in [3.8, 4) is 0 Å². The average molecular weight is 113 g/mol. The van der Waals surface area contributed by atoms with Gasteiger partial charge in [-0.25, -0.2) is 0 Å². The first kappa shape index (κ1) is 15.6. The number of hydrogen-bond acceptors (Lipinski definition) is 1. The Balaban J connectivity index is -0.0000000480. The molecule has 1 N–H and O–H groups in total. The van der Waals surface area contributed by atoms with Gasteiger partial charge in [-0.1, -0.05) is 13.3 Å². The molecule has 0 aromatic rings. The Morgan fingerprint density at radius 3 is 1.57 bits per heavy atom. The predicted octanol–water partition coefficient (Wildman–Crippen LogP) is 0.848. The van der Waals surface area contributed by atoms with Crippen molar-refractivity contribution in [1.29, 1.82) is 0 Å². The Morgan fingerprint density at radius 2 is 1.57 bits per heavy atom. The molecule has 0 atom stereocenters. The molecule has 0 saturated carbocycles. The normalized spacial score (nSPS) is 5.14. The molecule has 2 heteroatoms. The van der Waals surface area contributed by atoms with Gasteiger partial charge in [0.15, 0.2) is 0 Å². The van der Waals surface area contributed by atoms with E-state index in [2.05, 4.69) is 13.8 Å². The van der Waals surface area contributed by atoms with Crippen LogP contribution in [0.15, 0.2) is 0 Å². The molecule has 0 fully saturated rings. The Morgan fingerprint density at radius 1 is 1.43 bits per heavy atom. The Bertz CT molecular complexity index is 10.0. The molecule has 0 aromatic heterocycles. The van der Waals surface area contributed by atoms with E-state index in [0.717, 1.165) is 13.5 Å².